The summed E-state index contributed by atoms with van der Waals surface area (Å²) in [6, 6.07) is 0. The van der Waals surface area contributed by atoms with Crippen molar-refractivity contribution in [3.63, 3.8) is 0 Å². The highest BCUT2D eigenvalue weighted by molar-refractivity contribution is 6.67. The summed E-state index contributed by atoms with van der Waals surface area (Å²) in [5.74, 6) is 0.223. The zero-order valence-corrected chi connectivity index (χ0v) is 8.26. The molecular weight excluding hydrogens is 224 g/mol. The molecule has 0 aliphatic rings. The van der Waals surface area contributed by atoms with E-state index in [0.717, 1.165) is 0 Å². The molecule has 15 heavy (non-hydrogen) atoms. The largest absolute Gasteiger partial charge is 0.378 e. The van der Waals surface area contributed by atoms with Gasteiger partial charge in [-0.1, -0.05) is 5.21 Å². The average Bonchev–Trinajstić information content (AvgIpc) is 2.71. The number of nitrogens with two attached hydrogens (primary N) is 1. The van der Waals surface area contributed by atoms with Crippen LogP contribution >= 0.6 is 11.6 Å². The minimum absolute atomic E-state index is 0.0408. The van der Waals surface area contributed by atoms with Crippen molar-refractivity contribution in [2.75, 3.05) is 5.73 Å². The van der Waals surface area contributed by atoms with Crippen molar-refractivity contribution >= 4 is 22.7 Å². The molecule has 9 heteroatoms. The van der Waals surface area contributed by atoms with Crippen LogP contribution in [0.2, 0.25) is 0 Å². The maximum Gasteiger partial charge on any atom is 0.274 e. The van der Waals surface area contributed by atoms with Crippen molar-refractivity contribution in [3.05, 3.63) is 11.4 Å². The van der Waals surface area contributed by atoms with Crippen molar-refractivity contribution < 1.29 is 9.42 Å². The molecular formula is C6H5ClN6O2. The molecule has 0 fully saturated rings. The number of rotatable bonds is 2. The van der Waals surface area contributed by atoms with Crippen LogP contribution in [0.15, 0.2) is 4.63 Å². The number of carbonyl (C=O) groups is 1. The van der Waals surface area contributed by atoms with E-state index in [0.29, 0.717) is 5.69 Å². The second kappa shape index (κ2) is 3.31. The van der Waals surface area contributed by atoms with Gasteiger partial charge in [0.15, 0.2) is 5.69 Å². The molecule has 2 aromatic rings. The Morgan fingerprint density at radius 1 is 1.53 bits per heavy atom. The van der Waals surface area contributed by atoms with Gasteiger partial charge in [0.2, 0.25) is 11.6 Å². The van der Waals surface area contributed by atoms with E-state index in [4.69, 9.17) is 17.3 Å². The highest BCUT2D eigenvalue weighted by atomic mass is 35.5. The van der Waals surface area contributed by atoms with Crippen LogP contribution in [-0.4, -0.2) is 30.5 Å². The third kappa shape index (κ3) is 1.44. The fraction of sp³-hybridized carbons (Fsp3) is 0.167. The van der Waals surface area contributed by atoms with E-state index >= 15 is 0 Å². The van der Waals surface area contributed by atoms with Crippen LogP contribution in [0.5, 0.6) is 0 Å². The second-order valence-corrected chi connectivity index (χ2v) is 3.03. The molecule has 2 rings (SSSR count). The quantitative estimate of drug-likeness (QED) is 0.715. The lowest BCUT2D eigenvalue weighted by Gasteiger charge is -1.96. The third-order valence-electron chi connectivity index (χ3n) is 1.78. The minimum Gasteiger partial charge on any atom is -0.378 e. The molecule has 0 aliphatic carbocycles. The summed E-state index contributed by atoms with van der Waals surface area (Å²) in [6.07, 6.45) is 0. The zero-order chi connectivity index (χ0) is 11.0. The van der Waals surface area contributed by atoms with Crippen LogP contribution in [0.25, 0.3) is 5.82 Å². The summed E-state index contributed by atoms with van der Waals surface area (Å²) in [5.41, 5.74) is 5.91. The average molecular weight is 229 g/mol. The first kappa shape index (κ1) is 9.59. The lowest BCUT2D eigenvalue weighted by molar-refractivity contribution is 0.107. The number of halogens is 1. The second-order valence-electron chi connectivity index (χ2n) is 2.68. The van der Waals surface area contributed by atoms with Crippen LogP contribution in [0.4, 0.5) is 5.82 Å². The van der Waals surface area contributed by atoms with E-state index in [9.17, 15) is 4.79 Å². The van der Waals surface area contributed by atoms with Crippen molar-refractivity contribution in [1.29, 1.82) is 0 Å². The Bertz CT molecular complexity index is 517. The van der Waals surface area contributed by atoms with E-state index in [1.54, 1.807) is 6.92 Å². The lowest BCUT2D eigenvalue weighted by atomic mass is 10.3. The molecule has 0 atom stereocenters. The van der Waals surface area contributed by atoms with Crippen LogP contribution in [-0.2, 0) is 0 Å². The fourth-order valence-corrected chi connectivity index (χ4v) is 1.22. The third-order valence-corrected chi connectivity index (χ3v) is 1.96. The molecule has 0 aliphatic heterocycles. The molecule has 0 aromatic carbocycles. The molecule has 2 heterocycles. The summed E-state index contributed by atoms with van der Waals surface area (Å²) in [7, 11) is 0. The van der Waals surface area contributed by atoms with Crippen LogP contribution in [0, 0.1) is 6.92 Å². The van der Waals surface area contributed by atoms with Gasteiger partial charge in [0, 0.05) is 0 Å². The zero-order valence-electron chi connectivity index (χ0n) is 7.51. The molecule has 0 unspecified atom stereocenters. The van der Waals surface area contributed by atoms with Gasteiger partial charge in [0.25, 0.3) is 5.24 Å². The monoisotopic (exact) mass is 228 g/mol. The summed E-state index contributed by atoms with van der Waals surface area (Å²) < 4.78 is 5.62. The van der Waals surface area contributed by atoms with Crippen LogP contribution in [0.1, 0.15) is 16.2 Å². The van der Waals surface area contributed by atoms with Gasteiger partial charge >= 0.3 is 0 Å². The van der Waals surface area contributed by atoms with Gasteiger partial charge in [0.05, 0.1) is 5.69 Å². The van der Waals surface area contributed by atoms with Gasteiger partial charge in [0.1, 0.15) is 0 Å². The smallest absolute Gasteiger partial charge is 0.274 e. The van der Waals surface area contributed by atoms with E-state index in [1.807, 2.05) is 0 Å². The number of hydrogen-bond acceptors (Lipinski definition) is 7. The molecule has 2 aromatic heterocycles. The maximum absolute atomic E-state index is 10.9. The Morgan fingerprint density at radius 2 is 2.27 bits per heavy atom. The predicted molar refractivity (Wildman–Crippen MR) is 48.5 cm³/mol. The van der Waals surface area contributed by atoms with Crippen molar-refractivity contribution in [2.45, 2.75) is 6.92 Å². The van der Waals surface area contributed by atoms with Gasteiger partial charge in [-0.2, -0.15) is 4.68 Å². The van der Waals surface area contributed by atoms with Gasteiger partial charge in [-0.15, -0.1) is 5.10 Å². The molecule has 0 saturated heterocycles. The molecule has 8 nitrogen and oxygen atoms in total. The number of carbonyl (C=O) groups excluding carboxylic acids is 1. The number of aromatic nitrogens is 5. The number of nitrogen functional groups attached to an aromatic ring is 1. The minimum atomic E-state index is -0.700. The molecule has 0 radical (unpaired) electrons. The van der Waals surface area contributed by atoms with Crippen molar-refractivity contribution in [2.24, 2.45) is 0 Å². The predicted octanol–water partition coefficient (Wildman–Crippen LogP) is -0.0801. The van der Waals surface area contributed by atoms with E-state index in [2.05, 4.69) is 25.3 Å². The van der Waals surface area contributed by atoms with Crippen LogP contribution < -0.4 is 5.73 Å². The van der Waals surface area contributed by atoms with Gasteiger partial charge in [-0.25, -0.2) is 4.63 Å². The highest BCUT2D eigenvalue weighted by Crippen LogP contribution is 2.15. The van der Waals surface area contributed by atoms with Gasteiger partial charge in [-0.3, -0.25) is 4.79 Å². The fourth-order valence-electron chi connectivity index (χ4n) is 1.05. The molecule has 2 N–H and O–H groups in total. The van der Waals surface area contributed by atoms with E-state index in [1.165, 1.54) is 4.68 Å². The Morgan fingerprint density at radius 3 is 2.73 bits per heavy atom. The summed E-state index contributed by atoms with van der Waals surface area (Å²) in [5, 5.41) is 13.4. The van der Waals surface area contributed by atoms with Gasteiger partial charge in [-0.05, 0) is 28.8 Å². The summed E-state index contributed by atoms with van der Waals surface area (Å²) in [4.78, 5) is 10.9. The summed E-state index contributed by atoms with van der Waals surface area (Å²) in [6.45, 7) is 1.60. The van der Waals surface area contributed by atoms with Gasteiger partial charge < -0.3 is 5.73 Å². The highest BCUT2D eigenvalue weighted by Gasteiger charge is 2.19. The maximum atomic E-state index is 10.9. The first-order valence-electron chi connectivity index (χ1n) is 3.81. The number of nitrogens with zero attached hydrogens (tertiary/aromatic N) is 5. The number of anilines is 1. The normalized spacial score (nSPS) is 10.5. The van der Waals surface area contributed by atoms with E-state index < -0.39 is 5.24 Å². The first-order chi connectivity index (χ1) is 7.11. The van der Waals surface area contributed by atoms with Crippen molar-refractivity contribution in [1.82, 2.24) is 25.3 Å². The number of hydrogen-bond donors (Lipinski definition) is 1. The molecule has 0 spiro atoms. The first-order valence-corrected chi connectivity index (χ1v) is 4.19. The Balaban J connectivity index is 2.56. The molecule has 0 saturated carbocycles. The van der Waals surface area contributed by atoms with Crippen molar-refractivity contribution in [3.8, 4) is 5.82 Å². The standard InChI is InChI=1S/C6H5ClN6O2/c1-2-3(4(7)14)9-12-13(2)6-5(8)10-15-11-6/h1H3,(H2,8,10). The Hall–Kier alpha value is -1.96. The Kier molecular flexibility index (Phi) is 2.12. The topological polar surface area (TPSA) is 113 Å². The lowest BCUT2D eigenvalue weighted by Crippen LogP contribution is -2.04. The Labute approximate surface area is 88.0 Å². The SMILES string of the molecule is Cc1c(C(=O)Cl)nnn1-c1nonc1N. The summed E-state index contributed by atoms with van der Waals surface area (Å²) >= 11 is 5.28. The molecule has 78 valence electrons. The van der Waals surface area contributed by atoms with E-state index in [-0.39, 0.29) is 17.3 Å². The molecule has 0 bridgehead atoms. The molecule has 0 amide bonds. The van der Waals surface area contributed by atoms with Crippen LogP contribution in [0.3, 0.4) is 0 Å².